The molecule has 2 atom stereocenters. The molecule has 1 rings (SSSR count). The monoisotopic (exact) mass is 254 g/mol. The summed E-state index contributed by atoms with van der Waals surface area (Å²) in [6, 6.07) is 2.77. The van der Waals surface area contributed by atoms with Crippen LogP contribution in [-0.2, 0) is 4.74 Å². The Morgan fingerprint density at radius 2 is 2.17 bits per heavy atom. The van der Waals surface area contributed by atoms with Gasteiger partial charge in [-0.15, -0.1) is 0 Å². The van der Waals surface area contributed by atoms with E-state index in [9.17, 15) is 0 Å². The number of ether oxygens (including phenoxy) is 1. The molecule has 1 heterocycles. The Labute approximate surface area is 111 Å². The first-order valence-corrected chi connectivity index (χ1v) is 6.86. The number of unbranched alkanes of at least 4 members (excludes halogenated alkanes) is 1. The zero-order chi connectivity index (χ0) is 13.6. The van der Waals surface area contributed by atoms with Gasteiger partial charge in [0.15, 0.2) is 0 Å². The van der Waals surface area contributed by atoms with Crippen LogP contribution in [0, 0.1) is 16.7 Å². The van der Waals surface area contributed by atoms with Crippen LogP contribution >= 0.6 is 0 Å². The summed E-state index contributed by atoms with van der Waals surface area (Å²) in [4.78, 5) is 2.38. The van der Waals surface area contributed by atoms with Gasteiger partial charge < -0.3 is 9.84 Å². The molecule has 0 bridgehead atoms. The molecule has 0 amide bonds. The minimum atomic E-state index is -0.204. The topological polar surface area (TPSA) is 56.5 Å². The molecule has 0 saturated carbocycles. The number of nitriles is 1. The van der Waals surface area contributed by atoms with Crippen LogP contribution < -0.4 is 0 Å². The van der Waals surface area contributed by atoms with Gasteiger partial charge in [-0.25, -0.2) is 0 Å². The summed E-state index contributed by atoms with van der Waals surface area (Å²) in [5.41, 5.74) is -0.204. The number of nitrogens with zero attached hydrogens (tertiary/aromatic N) is 2. The van der Waals surface area contributed by atoms with Crippen molar-refractivity contribution >= 4 is 0 Å². The molecule has 0 spiro atoms. The van der Waals surface area contributed by atoms with Gasteiger partial charge in [0.2, 0.25) is 0 Å². The van der Waals surface area contributed by atoms with E-state index in [1.54, 1.807) is 0 Å². The molecule has 1 N–H and O–H groups in total. The van der Waals surface area contributed by atoms with Crippen LogP contribution in [0.1, 0.15) is 40.0 Å². The van der Waals surface area contributed by atoms with Gasteiger partial charge in [-0.05, 0) is 40.2 Å². The van der Waals surface area contributed by atoms with Crippen molar-refractivity contribution in [2.75, 3.05) is 26.3 Å². The van der Waals surface area contributed by atoms with Crippen molar-refractivity contribution in [3.8, 4) is 6.07 Å². The Hall–Kier alpha value is -0.630. The molecule has 0 aromatic rings. The summed E-state index contributed by atoms with van der Waals surface area (Å²) >= 11 is 0. The third-order valence-corrected chi connectivity index (χ3v) is 3.64. The molecule has 2 unspecified atom stereocenters. The average molecular weight is 254 g/mol. The fraction of sp³-hybridized carbons (Fsp3) is 0.929. The number of rotatable bonds is 6. The number of hydrogen-bond donors (Lipinski definition) is 1. The van der Waals surface area contributed by atoms with E-state index in [1.807, 2.05) is 13.8 Å². The van der Waals surface area contributed by atoms with E-state index in [0.717, 1.165) is 32.4 Å². The van der Waals surface area contributed by atoms with Gasteiger partial charge in [0.05, 0.1) is 30.8 Å². The second-order valence-electron chi connectivity index (χ2n) is 5.93. The maximum atomic E-state index is 9.12. The van der Waals surface area contributed by atoms with Crippen molar-refractivity contribution in [2.45, 2.75) is 52.2 Å². The first kappa shape index (κ1) is 15.4. The summed E-state index contributed by atoms with van der Waals surface area (Å²) in [5, 5.41) is 18.1. The van der Waals surface area contributed by atoms with E-state index in [-0.39, 0.29) is 18.1 Å². The fourth-order valence-corrected chi connectivity index (χ4v) is 2.23. The van der Waals surface area contributed by atoms with Gasteiger partial charge in [0, 0.05) is 12.6 Å². The Morgan fingerprint density at radius 1 is 1.44 bits per heavy atom. The van der Waals surface area contributed by atoms with E-state index < -0.39 is 0 Å². The van der Waals surface area contributed by atoms with E-state index in [4.69, 9.17) is 15.1 Å². The standard InChI is InChI=1S/C14H26N2O2/c1-12-10-18-13(9-17)8-16(12)7-5-4-6-14(2,3)11-15/h12-13,17H,4-10H2,1-3H3. The highest BCUT2D eigenvalue weighted by atomic mass is 16.5. The van der Waals surface area contributed by atoms with E-state index in [0.29, 0.717) is 12.6 Å². The minimum Gasteiger partial charge on any atom is -0.394 e. The fourth-order valence-electron chi connectivity index (χ4n) is 2.23. The third-order valence-electron chi connectivity index (χ3n) is 3.64. The molecule has 18 heavy (non-hydrogen) atoms. The normalized spacial score (nSPS) is 25.9. The third kappa shape index (κ3) is 4.93. The van der Waals surface area contributed by atoms with Crippen LogP contribution in [0.3, 0.4) is 0 Å². The second kappa shape index (κ2) is 7.08. The molecule has 4 nitrogen and oxygen atoms in total. The molecule has 0 aliphatic carbocycles. The maximum Gasteiger partial charge on any atom is 0.0933 e. The van der Waals surface area contributed by atoms with Crippen LogP contribution in [0.2, 0.25) is 0 Å². The van der Waals surface area contributed by atoms with Crippen LogP contribution in [0.15, 0.2) is 0 Å². The predicted octanol–water partition coefficient (Wildman–Crippen LogP) is 1.79. The quantitative estimate of drug-likeness (QED) is 0.734. The average Bonchev–Trinajstić information content (AvgIpc) is 2.36. The zero-order valence-electron chi connectivity index (χ0n) is 11.9. The van der Waals surface area contributed by atoms with E-state index in [2.05, 4.69) is 17.9 Å². The van der Waals surface area contributed by atoms with Crippen LogP contribution in [0.4, 0.5) is 0 Å². The van der Waals surface area contributed by atoms with Crippen molar-refractivity contribution in [2.24, 2.45) is 5.41 Å². The van der Waals surface area contributed by atoms with Crippen molar-refractivity contribution in [1.82, 2.24) is 4.90 Å². The Bertz CT molecular complexity index is 286. The van der Waals surface area contributed by atoms with Gasteiger partial charge >= 0.3 is 0 Å². The number of hydrogen-bond acceptors (Lipinski definition) is 4. The lowest BCUT2D eigenvalue weighted by molar-refractivity contribution is -0.0780. The van der Waals surface area contributed by atoms with Crippen LogP contribution in [0.5, 0.6) is 0 Å². The van der Waals surface area contributed by atoms with Gasteiger partial charge in [-0.2, -0.15) is 5.26 Å². The van der Waals surface area contributed by atoms with Crippen LogP contribution in [-0.4, -0.2) is 48.5 Å². The molecule has 1 fully saturated rings. The highest BCUT2D eigenvalue weighted by molar-refractivity contribution is 4.91. The van der Waals surface area contributed by atoms with Gasteiger partial charge in [0.1, 0.15) is 0 Å². The van der Waals surface area contributed by atoms with Crippen molar-refractivity contribution in [3.63, 3.8) is 0 Å². The highest BCUT2D eigenvalue weighted by Gasteiger charge is 2.25. The number of aliphatic hydroxyl groups excluding tert-OH is 1. The molecule has 4 heteroatoms. The minimum absolute atomic E-state index is 0.0308. The number of morpholine rings is 1. The van der Waals surface area contributed by atoms with E-state index in [1.165, 1.54) is 0 Å². The summed E-state index contributed by atoms with van der Waals surface area (Å²) in [5.74, 6) is 0. The van der Waals surface area contributed by atoms with Gasteiger partial charge in [0.25, 0.3) is 0 Å². The van der Waals surface area contributed by atoms with Gasteiger partial charge in [-0.3, -0.25) is 4.90 Å². The predicted molar refractivity (Wildman–Crippen MR) is 71.1 cm³/mol. The Kier molecular flexibility index (Phi) is 6.07. The zero-order valence-corrected chi connectivity index (χ0v) is 11.9. The molecule has 104 valence electrons. The lowest BCUT2D eigenvalue weighted by Crippen LogP contribution is -2.49. The first-order valence-electron chi connectivity index (χ1n) is 6.86. The molecule has 0 aromatic carbocycles. The summed E-state index contributed by atoms with van der Waals surface area (Å²) in [7, 11) is 0. The Balaban J connectivity index is 2.24. The molecular formula is C14H26N2O2. The summed E-state index contributed by atoms with van der Waals surface area (Å²) in [6.45, 7) is 8.80. The lowest BCUT2D eigenvalue weighted by atomic mass is 9.89. The lowest BCUT2D eigenvalue weighted by Gasteiger charge is -2.37. The molecule has 1 saturated heterocycles. The molecule has 0 aromatic heterocycles. The Morgan fingerprint density at radius 3 is 2.78 bits per heavy atom. The van der Waals surface area contributed by atoms with Gasteiger partial charge in [-0.1, -0.05) is 6.42 Å². The van der Waals surface area contributed by atoms with Crippen molar-refractivity contribution in [3.05, 3.63) is 0 Å². The van der Waals surface area contributed by atoms with Crippen LogP contribution in [0.25, 0.3) is 0 Å². The SMILES string of the molecule is CC1COC(CO)CN1CCCCC(C)(C)C#N. The summed E-state index contributed by atoms with van der Waals surface area (Å²) < 4.78 is 5.51. The smallest absolute Gasteiger partial charge is 0.0933 e. The molecular weight excluding hydrogens is 228 g/mol. The second-order valence-corrected chi connectivity index (χ2v) is 5.93. The van der Waals surface area contributed by atoms with E-state index >= 15 is 0 Å². The molecule has 0 radical (unpaired) electrons. The van der Waals surface area contributed by atoms with Crippen molar-refractivity contribution < 1.29 is 9.84 Å². The molecule has 1 aliphatic rings. The maximum absolute atomic E-state index is 9.12. The highest BCUT2D eigenvalue weighted by Crippen LogP contribution is 2.22. The largest absolute Gasteiger partial charge is 0.394 e. The summed E-state index contributed by atoms with van der Waals surface area (Å²) in [6.07, 6.45) is 3.10. The number of aliphatic hydroxyl groups is 1. The molecule has 1 aliphatic heterocycles. The van der Waals surface area contributed by atoms with Crippen molar-refractivity contribution in [1.29, 1.82) is 5.26 Å². The first-order chi connectivity index (χ1) is 8.48.